The average Bonchev–Trinajstić information content (AvgIpc) is 2.39. The summed E-state index contributed by atoms with van der Waals surface area (Å²) in [6.45, 7) is 3.49. The van der Waals surface area contributed by atoms with Gasteiger partial charge in [0.05, 0.1) is 6.10 Å². The van der Waals surface area contributed by atoms with Crippen LogP contribution in [0.4, 0.5) is 0 Å². The summed E-state index contributed by atoms with van der Waals surface area (Å²) < 4.78 is 0. The second-order valence-electron chi connectivity index (χ2n) is 3.67. The second kappa shape index (κ2) is 11.4. The molecule has 1 N–H and O–H groups in total. The Bertz CT molecular complexity index is 426. The van der Waals surface area contributed by atoms with Crippen LogP contribution in [0, 0.1) is 35.5 Å². The lowest BCUT2D eigenvalue weighted by molar-refractivity contribution is 0.123. The molecule has 0 radical (unpaired) electrons. The van der Waals surface area contributed by atoms with Crippen LogP contribution in [0.15, 0.2) is 5.11 Å². The lowest BCUT2D eigenvalue weighted by Gasteiger charge is -2.20. The zero-order valence-corrected chi connectivity index (χ0v) is 10.8. The number of hydrogen-bond donors (Lipinski definition) is 1. The molecule has 0 aromatic heterocycles. The second-order valence-corrected chi connectivity index (χ2v) is 3.67. The van der Waals surface area contributed by atoms with Gasteiger partial charge in [-0.2, -0.15) is 0 Å². The quantitative estimate of drug-likeness (QED) is 0.327. The van der Waals surface area contributed by atoms with Gasteiger partial charge in [-0.15, -0.1) is 0 Å². The van der Waals surface area contributed by atoms with E-state index in [2.05, 4.69) is 45.5 Å². The minimum absolute atomic E-state index is 0.133. The van der Waals surface area contributed by atoms with Crippen molar-refractivity contribution in [3.05, 3.63) is 10.4 Å². The van der Waals surface area contributed by atoms with Gasteiger partial charge in [0.15, 0.2) is 0 Å². The van der Waals surface area contributed by atoms with Gasteiger partial charge in [0, 0.05) is 11.0 Å². The van der Waals surface area contributed by atoms with Crippen LogP contribution in [0.2, 0.25) is 0 Å². The molecule has 94 valence electrons. The van der Waals surface area contributed by atoms with E-state index in [0.29, 0.717) is 0 Å². The third-order valence-corrected chi connectivity index (χ3v) is 2.32. The van der Waals surface area contributed by atoms with Crippen LogP contribution < -0.4 is 0 Å². The monoisotopic (exact) mass is 243 g/mol. The van der Waals surface area contributed by atoms with E-state index in [1.165, 1.54) is 0 Å². The summed E-state index contributed by atoms with van der Waals surface area (Å²) in [5.41, 5.74) is 8.08. The predicted molar refractivity (Wildman–Crippen MR) is 72.1 cm³/mol. The van der Waals surface area contributed by atoms with E-state index >= 15 is 0 Å². The molecule has 18 heavy (non-hydrogen) atoms. The number of aliphatic hydroxyl groups excluding tert-OH is 1. The molecule has 1 rings (SSSR count). The van der Waals surface area contributed by atoms with E-state index in [1.54, 1.807) is 13.8 Å². The van der Waals surface area contributed by atoms with Gasteiger partial charge in [-0.05, 0) is 68.7 Å². The fourth-order valence-electron chi connectivity index (χ4n) is 1.43. The van der Waals surface area contributed by atoms with Crippen LogP contribution in [0.25, 0.3) is 10.4 Å². The Balaban J connectivity index is 0.000000331. The summed E-state index contributed by atoms with van der Waals surface area (Å²) in [6.07, 6.45) is 3.08. The maximum atomic E-state index is 9.06. The standard InChI is InChI=1S/C8H6.C6H11N3O/c1-3-5-7-8-6-4-2;7-9-8-5-1-3-6(10)4-2-5/h1-2H3;5-6,10H,1-4H2. The first-order valence-electron chi connectivity index (χ1n) is 5.80. The molecule has 0 heterocycles. The molecular weight excluding hydrogens is 226 g/mol. The van der Waals surface area contributed by atoms with Gasteiger partial charge in [0.2, 0.25) is 0 Å². The molecule has 0 atom stereocenters. The minimum atomic E-state index is -0.162. The van der Waals surface area contributed by atoms with E-state index < -0.39 is 0 Å². The van der Waals surface area contributed by atoms with Gasteiger partial charge < -0.3 is 5.11 Å². The van der Waals surface area contributed by atoms with Gasteiger partial charge in [0.1, 0.15) is 0 Å². The third kappa shape index (κ3) is 9.20. The van der Waals surface area contributed by atoms with Crippen molar-refractivity contribution in [3.8, 4) is 35.5 Å². The summed E-state index contributed by atoms with van der Waals surface area (Å²) in [5.74, 6) is 15.5. The molecule has 1 saturated carbocycles. The minimum Gasteiger partial charge on any atom is -0.393 e. The van der Waals surface area contributed by atoms with Crippen LogP contribution in [-0.2, 0) is 0 Å². The highest BCUT2D eigenvalue weighted by Gasteiger charge is 2.17. The molecule has 0 saturated heterocycles. The average molecular weight is 243 g/mol. The van der Waals surface area contributed by atoms with E-state index in [1.807, 2.05) is 0 Å². The van der Waals surface area contributed by atoms with E-state index in [4.69, 9.17) is 10.6 Å². The molecule has 0 bridgehead atoms. The van der Waals surface area contributed by atoms with Crippen molar-refractivity contribution in [2.75, 3.05) is 0 Å². The number of aliphatic hydroxyl groups is 1. The Morgan fingerprint density at radius 1 is 1.00 bits per heavy atom. The van der Waals surface area contributed by atoms with Crippen LogP contribution >= 0.6 is 0 Å². The Hall–Kier alpha value is -2.05. The summed E-state index contributed by atoms with van der Waals surface area (Å²) in [6, 6.07) is 0.133. The van der Waals surface area contributed by atoms with Crippen molar-refractivity contribution in [3.63, 3.8) is 0 Å². The lowest BCUT2D eigenvalue weighted by Crippen LogP contribution is -2.19. The SMILES string of the molecule is CC#CC#CC#CC.[N-]=[N+]=NC1CCC(O)CC1. The Morgan fingerprint density at radius 2 is 1.50 bits per heavy atom. The van der Waals surface area contributed by atoms with Crippen LogP contribution in [0.3, 0.4) is 0 Å². The molecule has 1 aliphatic rings. The van der Waals surface area contributed by atoms with Gasteiger partial charge in [-0.3, -0.25) is 0 Å². The molecule has 0 amide bonds. The summed E-state index contributed by atoms with van der Waals surface area (Å²) in [5, 5.41) is 12.6. The van der Waals surface area contributed by atoms with Crippen molar-refractivity contribution in [2.24, 2.45) is 5.11 Å². The predicted octanol–water partition coefficient (Wildman–Crippen LogP) is 2.64. The number of azide groups is 1. The van der Waals surface area contributed by atoms with E-state index in [-0.39, 0.29) is 12.1 Å². The van der Waals surface area contributed by atoms with Gasteiger partial charge in [-0.1, -0.05) is 17.0 Å². The van der Waals surface area contributed by atoms with Crippen molar-refractivity contribution >= 4 is 0 Å². The number of rotatable bonds is 1. The molecule has 0 aliphatic heterocycles. The summed E-state index contributed by atoms with van der Waals surface area (Å²) in [4.78, 5) is 2.73. The van der Waals surface area contributed by atoms with Crippen LogP contribution in [-0.4, -0.2) is 17.3 Å². The molecule has 0 aromatic rings. The molecule has 0 unspecified atom stereocenters. The zero-order chi connectivity index (χ0) is 13.6. The molecule has 4 heteroatoms. The normalized spacial score (nSPS) is 19.9. The van der Waals surface area contributed by atoms with Crippen LogP contribution in [0.1, 0.15) is 39.5 Å². The first-order chi connectivity index (χ1) is 8.74. The highest BCUT2D eigenvalue weighted by molar-refractivity contribution is 5.34. The third-order valence-electron chi connectivity index (χ3n) is 2.32. The first-order valence-corrected chi connectivity index (χ1v) is 5.80. The summed E-state index contributed by atoms with van der Waals surface area (Å²) >= 11 is 0. The fourth-order valence-corrected chi connectivity index (χ4v) is 1.43. The Morgan fingerprint density at radius 3 is 1.89 bits per heavy atom. The number of hydrogen-bond acceptors (Lipinski definition) is 2. The molecule has 1 aliphatic carbocycles. The molecule has 0 spiro atoms. The molecular formula is C14H17N3O. The topological polar surface area (TPSA) is 69.0 Å². The van der Waals surface area contributed by atoms with Gasteiger partial charge in [0.25, 0.3) is 0 Å². The smallest absolute Gasteiger partial charge is 0.0540 e. The van der Waals surface area contributed by atoms with Crippen molar-refractivity contribution in [1.82, 2.24) is 0 Å². The van der Waals surface area contributed by atoms with Gasteiger partial charge in [-0.25, -0.2) is 0 Å². The lowest BCUT2D eigenvalue weighted by atomic mass is 9.94. The first kappa shape index (κ1) is 16.0. The Kier molecular flexibility index (Phi) is 10.1. The van der Waals surface area contributed by atoms with E-state index in [0.717, 1.165) is 25.7 Å². The largest absolute Gasteiger partial charge is 0.393 e. The highest BCUT2D eigenvalue weighted by Crippen LogP contribution is 2.20. The fraction of sp³-hybridized carbons (Fsp3) is 0.571. The van der Waals surface area contributed by atoms with Crippen molar-refractivity contribution < 1.29 is 5.11 Å². The Labute approximate surface area is 108 Å². The van der Waals surface area contributed by atoms with Crippen LogP contribution in [0.5, 0.6) is 0 Å². The zero-order valence-electron chi connectivity index (χ0n) is 10.8. The van der Waals surface area contributed by atoms with E-state index in [9.17, 15) is 0 Å². The van der Waals surface area contributed by atoms with Crippen molar-refractivity contribution in [2.45, 2.75) is 51.7 Å². The molecule has 0 aromatic carbocycles. The van der Waals surface area contributed by atoms with Crippen molar-refractivity contribution in [1.29, 1.82) is 0 Å². The summed E-state index contributed by atoms with van der Waals surface area (Å²) in [7, 11) is 0. The van der Waals surface area contributed by atoms with Gasteiger partial charge >= 0.3 is 0 Å². The molecule has 1 fully saturated rings. The maximum absolute atomic E-state index is 9.06. The number of nitrogens with zero attached hydrogens (tertiary/aromatic N) is 3. The molecule has 4 nitrogen and oxygen atoms in total. The maximum Gasteiger partial charge on any atom is 0.0540 e. The highest BCUT2D eigenvalue weighted by atomic mass is 16.3.